The molecule has 0 radical (unpaired) electrons. The number of methoxy groups -OCH3 is 2. The number of hydrogen-bond donors (Lipinski definition) is 0. The third-order valence-corrected chi connectivity index (χ3v) is 5.33. The Kier molecular flexibility index (Phi) is 5.25. The number of nitrogens with zero attached hydrogens (tertiary/aromatic N) is 3. The van der Waals surface area contributed by atoms with E-state index in [9.17, 15) is 4.79 Å². The molecule has 1 amide bonds. The molecule has 1 aliphatic heterocycles. The van der Waals surface area contributed by atoms with E-state index in [1.165, 1.54) is 23.6 Å². The Morgan fingerprint density at radius 2 is 2.00 bits per heavy atom. The first-order chi connectivity index (χ1) is 13.7. The highest BCUT2D eigenvalue weighted by molar-refractivity contribution is 7.99. The number of thioether (sulfide) groups is 1. The third-order valence-electron chi connectivity index (χ3n) is 4.53. The predicted molar refractivity (Wildman–Crippen MR) is 101 cm³/mol. The summed E-state index contributed by atoms with van der Waals surface area (Å²) in [6.07, 6.45) is 2.31. The van der Waals surface area contributed by atoms with Gasteiger partial charge < -0.3 is 23.2 Å². The topological polar surface area (TPSA) is 90.8 Å². The summed E-state index contributed by atoms with van der Waals surface area (Å²) in [4.78, 5) is 14.5. The molecule has 9 heteroatoms. The standard InChI is InChI=1S/C19H19N3O5S/c1-24-15-8-12-5-6-22(10-13(12)9-16(15)25-2)17(23)11-28-19-21-20-18(27-19)14-4-3-7-26-14/h3-4,7-9H,5-6,10-11H2,1-2H3. The van der Waals surface area contributed by atoms with Crippen LogP contribution >= 0.6 is 11.8 Å². The van der Waals surface area contributed by atoms with E-state index in [0.717, 1.165) is 12.0 Å². The van der Waals surface area contributed by atoms with E-state index in [-0.39, 0.29) is 11.7 Å². The number of carbonyl (C=O) groups excluding carboxylic acids is 1. The predicted octanol–water partition coefficient (Wildman–Crippen LogP) is 3.02. The fourth-order valence-electron chi connectivity index (χ4n) is 3.08. The van der Waals surface area contributed by atoms with Gasteiger partial charge in [-0.15, -0.1) is 10.2 Å². The SMILES string of the molecule is COc1cc2c(cc1OC)CN(C(=O)CSc1nnc(-c3ccco3)o1)CC2. The monoisotopic (exact) mass is 401 g/mol. The lowest BCUT2D eigenvalue weighted by atomic mass is 9.99. The largest absolute Gasteiger partial charge is 0.493 e. The Hall–Kier alpha value is -2.94. The van der Waals surface area contributed by atoms with Crippen LogP contribution in [0.1, 0.15) is 11.1 Å². The molecule has 0 fully saturated rings. The van der Waals surface area contributed by atoms with E-state index in [2.05, 4.69) is 10.2 Å². The van der Waals surface area contributed by atoms with Gasteiger partial charge in [0.25, 0.3) is 11.1 Å². The van der Waals surface area contributed by atoms with Crippen LogP contribution < -0.4 is 9.47 Å². The average molecular weight is 401 g/mol. The summed E-state index contributed by atoms with van der Waals surface area (Å²) in [5, 5.41) is 8.22. The summed E-state index contributed by atoms with van der Waals surface area (Å²) in [5.41, 5.74) is 2.24. The van der Waals surface area contributed by atoms with Crippen LogP contribution in [0.2, 0.25) is 0 Å². The maximum atomic E-state index is 12.6. The fraction of sp³-hybridized carbons (Fsp3) is 0.316. The highest BCUT2D eigenvalue weighted by Gasteiger charge is 2.23. The molecular weight excluding hydrogens is 382 g/mol. The number of ether oxygens (including phenoxy) is 2. The molecule has 4 rings (SSSR count). The molecule has 3 aromatic rings. The van der Waals surface area contributed by atoms with E-state index in [4.69, 9.17) is 18.3 Å². The molecule has 0 spiro atoms. The summed E-state index contributed by atoms with van der Waals surface area (Å²) in [5.74, 6) is 2.42. The van der Waals surface area contributed by atoms with Gasteiger partial charge in [0.15, 0.2) is 17.3 Å². The molecule has 0 unspecified atom stereocenters. The molecule has 0 atom stereocenters. The summed E-state index contributed by atoms with van der Waals surface area (Å²) in [6, 6.07) is 7.41. The van der Waals surface area contributed by atoms with Gasteiger partial charge in [-0.1, -0.05) is 11.8 Å². The molecule has 1 aliphatic rings. The van der Waals surface area contributed by atoms with E-state index < -0.39 is 0 Å². The van der Waals surface area contributed by atoms with Gasteiger partial charge in [-0.2, -0.15) is 0 Å². The van der Waals surface area contributed by atoms with Crippen LogP contribution in [0, 0.1) is 0 Å². The van der Waals surface area contributed by atoms with Crippen LogP contribution in [-0.2, 0) is 17.8 Å². The lowest BCUT2D eigenvalue weighted by Crippen LogP contribution is -2.37. The van der Waals surface area contributed by atoms with Crippen LogP contribution in [0.15, 0.2) is 44.6 Å². The van der Waals surface area contributed by atoms with Gasteiger partial charge in [0, 0.05) is 13.1 Å². The van der Waals surface area contributed by atoms with Crippen molar-refractivity contribution in [2.24, 2.45) is 0 Å². The second-order valence-corrected chi connectivity index (χ2v) is 7.11. The first kappa shape index (κ1) is 18.4. The molecule has 28 heavy (non-hydrogen) atoms. The minimum absolute atomic E-state index is 0.0168. The lowest BCUT2D eigenvalue weighted by molar-refractivity contribution is -0.129. The van der Waals surface area contributed by atoms with Crippen molar-refractivity contribution in [3.63, 3.8) is 0 Å². The molecular formula is C19H19N3O5S. The second kappa shape index (κ2) is 7.97. The maximum absolute atomic E-state index is 12.6. The fourth-order valence-corrected chi connectivity index (χ4v) is 3.74. The Balaban J connectivity index is 1.38. The number of carbonyl (C=O) groups is 1. The normalized spacial score (nSPS) is 13.3. The summed E-state index contributed by atoms with van der Waals surface area (Å²) < 4.78 is 21.5. The molecule has 2 aromatic heterocycles. The van der Waals surface area contributed by atoms with Crippen LogP contribution in [0.5, 0.6) is 11.5 Å². The highest BCUT2D eigenvalue weighted by atomic mass is 32.2. The summed E-state index contributed by atoms with van der Waals surface area (Å²) in [7, 11) is 3.23. The van der Waals surface area contributed by atoms with Crippen molar-refractivity contribution in [1.29, 1.82) is 0 Å². The average Bonchev–Trinajstić information content (AvgIpc) is 3.42. The molecule has 1 aromatic carbocycles. The third kappa shape index (κ3) is 3.70. The van der Waals surface area contributed by atoms with Gasteiger partial charge in [0.05, 0.1) is 26.2 Å². The van der Waals surface area contributed by atoms with Crippen LogP contribution in [0.4, 0.5) is 0 Å². The molecule has 3 heterocycles. The first-order valence-corrected chi connectivity index (χ1v) is 9.68. The first-order valence-electron chi connectivity index (χ1n) is 8.69. The van der Waals surface area contributed by atoms with Crippen molar-refractivity contribution in [3.8, 4) is 23.1 Å². The van der Waals surface area contributed by atoms with Gasteiger partial charge in [0.2, 0.25) is 5.91 Å². The van der Waals surface area contributed by atoms with Crippen molar-refractivity contribution in [3.05, 3.63) is 41.7 Å². The number of furan rings is 1. The van der Waals surface area contributed by atoms with Gasteiger partial charge in [-0.05, 0) is 41.8 Å². The zero-order chi connectivity index (χ0) is 19.5. The maximum Gasteiger partial charge on any atom is 0.284 e. The van der Waals surface area contributed by atoms with Crippen LogP contribution in [0.3, 0.4) is 0 Å². The van der Waals surface area contributed by atoms with Crippen molar-refractivity contribution < 1.29 is 23.1 Å². The van der Waals surface area contributed by atoms with Gasteiger partial charge in [0.1, 0.15) is 0 Å². The Morgan fingerprint density at radius 3 is 2.71 bits per heavy atom. The molecule has 0 N–H and O–H groups in total. The van der Waals surface area contributed by atoms with Gasteiger partial charge in [-0.3, -0.25) is 4.79 Å². The molecule has 8 nitrogen and oxygen atoms in total. The number of amides is 1. The zero-order valence-electron chi connectivity index (χ0n) is 15.5. The van der Waals surface area contributed by atoms with E-state index in [1.807, 2.05) is 17.0 Å². The number of benzene rings is 1. The molecule has 0 saturated carbocycles. The Bertz CT molecular complexity index is 970. The number of aromatic nitrogens is 2. The van der Waals surface area contributed by atoms with Crippen molar-refractivity contribution >= 4 is 17.7 Å². The number of fused-ring (bicyclic) bond motifs is 1. The Labute approximate surface area is 165 Å². The highest BCUT2D eigenvalue weighted by Crippen LogP contribution is 2.33. The van der Waals surface area contributed by atoms with Gasteiger partial charge in [-0.25, -0.2) is 0 Å². The van der Waals surface area contributed by atoms with Crippen LogP contribution in [-0.4, -0.2) is 47.5 Å². The summed E-state index contributed by atoms with van der Waals surface area (Å²) >= 11 is 1.22. The molecule has 0 aliphatic carbocycles. The van der Waals surface area contributed by atoms with Gasteiger partial charge >= 0.3 is 0 Å². The molecule has 146 valence electrons. The van der Waals surface area contributed by atoms with E-state index in [1.54, 1.807) is 26.4 Å². The summed E-state index contributed by atoms with van der Waals surface area (Å²) in [6.45, 7) is 1.19. The van der Waals surface area contributed by atoms with Crippen molar-refractivity contribution in [1.82, 2.24) is 15.1 Å². The second-order valence-electron chi connectivity index (χ2n) is 6.18. The van der Waals surface area contributed by atoms with Crippen LogP contribution in [0.25, 0.3) is 11.7 Å². The Morgan fingerprint density at radius 1 is 1.21 bits per heavy atom. The zero-order valence-corrected chi connectivity index (χ0v) is 16.3. The number of hydrogen-bond acceptors (Lipinski definition) is 8. The quantitative estimate of drug-likeness (QED) is 0.582. The molecule has 0 saturated heterocycles. The minimum atomic E-state index is 0.0168. The van der Waals surface area contributed by atoms with Crippen molar-refractivity contribution in [2.45, 2.75) is 18.2 Å². The molecule has 0 bridgehead atoms. The smallest absolute Gasteiger partial charge is 0.284 e. The van der Waals surface area contributed by atoms with E-state index in [0.29, 0.717) is 41.5 Å². The number of rotatable bonds is 6. The van der Waals surface area contributed by atoms with E-state index >= 15 is 0 Å². The van der Waals surface area contributed by atoms with Crippen molar-refractivity contribution in [2.75, 3.05) is 26.5 Å². The lowest BCUT2D eigenvalue weighted by Gasteiger charge is -2.29. The minimum Gasteiger partial charge on any atom is -0.493 e.